The third kappa shape index (κ3) is 14.2. The molecule has 0 aliphatic rings. The average molecular weight is 332 g/mol. The van der Waals surface area contributed by atoms with Crippen molar-refractivity contribution in [2.75, 3.05) is 26.4 Å². The van der Waals surface area contributed by atoms with Crippen LogP contribution in [0.25, 0.3) is 0 Å². The molecular weight excluding hydrogens is 300 g/mol. The molecule has 0 fully saturated rings. The van der Waals surface area contributed by atoms with E-state index in [-0.39, 0.29) is 38.2 Å². The normalized spacial score (nSPS) is 11.3. The highest BCUT2D eigenvalue weighted by Crippen LogP contribution is 2.14. The minimum atomic E-state index is -0.420. The molecule has 0 aromatic heterocycles. The molecule has 0 saturated heterocycles. The van der Waals surface area contributed by atoms with Crippen LogP contribution < -0.4 is 0 Å². The molecule has 0 aromatic carbocycles. The van der Waals surface area contributed by atoms with E-state index in [9.17, 15) is 9.59 Å². The third-order valence-corrected chi connectivity index (χ3v) is 3.38. The van der Waals surface area contributed by atoms with Gasteiger partial charge in [0.25, 0.3) is 0 Å². The van der Waals surface area contributed by atoms with Gasteiger partial charge in [-0.1, -0.05) is 20.3 Å². The monoisotopic (exact) mass is 332 g/mol. The molecule has 0 aliphatic heterocycles. The van der Waals surface area contributed by atoms with E-state index in [1.807, 2.05) is 13.8 Å². The van der Waals surface area contributed by atoms with E-state index < -0.39 is 5.41 Å². The van der Waals surface area contributed by atoms with Crippen LogP contribution in [0.5, 0.6) is 0 Å². The zero-order valence-corrected chi connectivity index (χ0v) is 14.5. The van der Waals surface area contributed by atoms with Gasteiger partial charge in [0.05, 0.1) is 19.8 Å². The Labute approximate surface area is 139 Å². The molecule has 136 valence electrons. The summed E-state index contributed by atoms with van der Waals surface area (Å²) in [5.74, 6) is -0.536. The number of carbonyl (C=O) groups is 2. The van der Waals surface area contributed by atoms with Gasteiger partial charge < -0.3 is 19.7 Å². The number of rotatable bonds is 14. The summed E-state index contributed by atoms with van der Waals surface area (Å²) in [5, 5.41) is 17.7. The van der Waals surface area contributed by atoms with Crippen molar-refractivity contribution in [3.8, 4) is 0 Å². The smallest absolute Gasteiger partial charge is 0.305 e. The van der Waals surface area contributed by atoms with E-state index in [0.29, 0.717) is 25.9 Å². The zero-order chi connectivity index (χ0) is 17.6. The van der Waals surface area contributed by atoms with E-state index in [0.717, 1.165) is 25.7 Å². The molecule has 2 N–H and O–H groups in total. The summed E-state index contributed by atoms with van der Waals surface area (Å²) in [6, 6.07) is 0. The molecule has 6 heteroatoms. The van der Waals surface area contributed by atoms with Crippen LogP contribution in [0, 0.1) is 5.41 Å². The van der Waals surface area contributed by atoms with Crippen LogP contribution in [-0.4, -0.2) is 48.6 Å². The number of hydrogen-bond donors (Lipinski definition) is 2. The largest absolute Gasteiger partial charge is 0.466 e. The van der Waals surface area contributed by atoms with E-state index in [4.69, 9.17) is 19.7 Å². The second kappa shape index (κ2) is 13.3. The SMILES string of the molecule is CC(C)(CO)COC(=O)CCCCC(=O)OCCCCCCO. The fourth-order valence-corrected chi connectivity index (χ4v) is 1.76. The summed E-state index contributed by atoms with van der Waals surface area (Å²) in [6.45, 7) is 4.43. The van der Waals surface area contributed by atoms with Crippen LogP contribution in [0.15, 0.2) is 0 Å². The van der Waals surface area contributed by atoms with Crippen molar-refractivity contribution in [2.45, 2.75) is 65.2 Å². The molecule has 0 unspecified atom stereocenters. The predicted octanol–water partition coefficient (Wildman–Crippen LogP) is 2.20. The molecule has 0 aromatic rings. The molecule has 0 atom stereocenters. The van der Waals surface area contributed by atoms with Gasteiger partial charge in [-0.2, -0.15) is 0 Å². The molecule has 0 rings (SSSR count). The Morgan fingerprint density at radius 1 is 0.826 bits per heavy atom. The Morgan fingerprint density at radius 2 is 1.39 bits per heavy atom. The highest BCUT2D eigenvalue weighted by molar-refractivity contribution is 5.70. The van der Waals surface area contributed by atoms with Gasteiger partial charge in [-0.15, -0.1) is 0 Å². The quantitative estimate of drug-likeness (QED) is 0.374. The minimum Gasteiger partial charge on any atom is -0.466 e. The zero-order valence-electron chi connectivity index (χ0n) is 14.5. The maximum Gasteiger partial charge on any atom is 0.305 e. The van der Waals surface area contributed by atoms with Crippen LogP contribution in [0.1, 0.15) is 65.2 Å². The van der Waals surface area contributed by atoms with Crippen molar-refractivity contribution >= 4 is 11.9 Å². The topological polar surface area (TPSA) is 93.1 Å². The van der Waals surface area contributed by atoms with Gasteiger partial charge in [-0.3, -0.25) is 9.59 Å². The van der Waals surface area contributed by atoms with Gasteiger partial charge >= 0.3 is 11.9 Å². The second-order valence-corrected chi connectivity index (χ2v) is 6.55. The van der Waals surface area contributed by atoms with Crippen molar-refractivity contribution in [1.82, 2.24) is 0 Å². The van der Waals surface area contributed by atoms with Gasteiger partial charge in [-0.25, -0.2) is 0 Å². The van der Waals surface area contributed by atoms with E-state index in [1.54, 1.807) is 0 Å². The number of esters is 2. The number of hydrogen-bond acceptors (Lipinski definition) is 6. The average Bonchev–Trinajstić information content (AvgIpc) is 2.53. The number of aliphatic hydroxyl groups is 2. The summed E-state index contributed by atoms with van der Waals surface area (Å²) in [5.41, 5.74) is -0.420. The summed E-state index contributed by atoms with van der Waals surface area (Å²) >= 11 is 0. The fraction of sp³-hybridized carbons (Fsp3) is 0.882. The summed E-state index contributed by atoms with van der Waals surface area (Å²) < 4.78 is 10.2. The number of unbranched alkanes of at least 4 members (excludes halogenated alkanes) is 4. The molecule has 0 saturated carbocycles. The fourth-order valence-electron chi connectivity index (χ4n) is 1.76. The van der Waals surface area contributed by atoms with Gasteiger partial charge in [-0.05, 0) is 32.1 Å². The van der Waals surface area contributed by atoms with Gasteiger partial charge in [0, 0.05) is 24.9 Å². The first kappa shape index (κ1) is 21.9. The Balaban J connectivity index is 3.49. The van der Waals surface area contributed by atoms with Crippen molar-refractivity contribution in [1.29, 1.82) is 0 Å². The molecule has 6 nitrogen and oxygen atoms in total. The summed E-state index contributed by atoms with van der Waals surface area (Å²) in [4.78, 5) is 23.0. The molecule has 0 heterocycles. The lowest BCUT2D eigenvalue weighted by molar-refractivity contribution is -0.148. The van der Waals surface area contributed by atoms with E-state index >= 15 is 0 Å². The maximum atomic E-state index is 11.5. The first-order valence-electron chi connectivity index (χ1n) is 8.44. The van der Waals surface area contributed by atoms with Crippen LogP contribution >= 0.6 is 0 Å². The predicted molar refractivity (Wildman–Crippen MR) is 86.8 cm³/mol. The van der Waals surface area contributed by atoms with Crippen molar-refractivity contribution < 1.29 is 29.3 Å². The Bertz CT molecular complexity index is 327. The highest BCUT2D eigenvalue weighted by Gasteiger charge is 2.18. The van der Waals surface area contributed by atoms with Crippen LogP contribution in [0.4, 0.5) is 0 Å². The first-order valence-corrected chi connectivity index (χ1v) is 8.44. The first-order chi connectivity index (χ1) is 10.9. The van der Waals surface area contributed by atoms with Gasteiger partial charge in [0.1, 0.15) is 0 Å². The number of carbonyl (C=O) groups excluding carboxylic acids is 2. The molecule has 0 amide bonds. The Kier molecular flexibility index (Phi) is 12.7. The van der Waals surface area contributed by atoms with Crippen LogP contribution in [0.3, 0.4) is 0 Å². The van der Waals surface area contributed by atoms with E-state index in [2.05, 4.69) is 0 Å². The third-order valence-electron chi connectivity index (χ3n) is 3.38. The molecule has 23 heavy (non-hydrogen) atoms. The standard InChI is InChI=1S/C17H32O6/c1-17(2,13-19)14-23-16(21)10-6-5-9-15(20)22-12-8-4-3-7-11-18/h18-19H,3-14H2,1-2H3. The lowest BCUT2D eigenvalue weighted by Gasteiger charge is -2.20. The molecule has 0 radical (unpaired) electrons. The van der Waals surface area contributed by atoms with Gasteiger partial charge in [0.15, 0.2) is 0 Å². The van der Waals surface area contributed by atoms with Gasteiger partial charge in [0.2, 0.25) is 0 Å². The lowest BCUT2D eigenvalue weighted by atomic mass is 9.97. The molecular formula is C17H32O6. The number of aliphatic hydroxyl groups excluding tert-OH is 2. The maximum absolute atomic E-state index is 11.5. The molecule has 0 bridgehead atoms. The second-order valence-electron chi connectivity index (χ2n) is 6.55. The Hall–Kier alpha value is -1.14. The Morgan fingerprint density at radius 3 is 1.96 bits per heavy atom. The summed E-state index contributed by atoms with van der Waals surface area (Å²) in [6.07, 6.45) is 5.28. The van der Waals surface area contributed by atoms with Crippen molar-refractivity contribution in [3.63, 3.8) is 0 Å². The van der Waals surface area contributed by atoms with E-state index in [1.165, 1.54) is 0 Å². The van der Waals surface area contributed by atoms with Crippen LogP contribution in [-0.2, 0) is 19.1 Å². The molecule has 0 aliphatic carbocycles. The van der Waals surface area contributed by atoms with Crippen LogP contribution in [0.2, 0.25) is 0 Å². The highest BCUT2D eigenvalue weighted by atomic mass is 16.5. The lowest BCUT2D eigenvalue weighted by Crippen LogP contribution is -2.25. The minimum absolute atomic E-state index is 0.0356. The van der Waals surface area contributed by atoms with Crippen molar-refractivity contribution in [3.05, 3.63) is 0 Å². The number of ether oxygens (including phenoxy) is 2. The summed E-state index contributed by atoms with van der Waals surface area (Å²) in [7, 11) is 0. The van der Waals surface area contributed by atoms with Crippen molar-refractivity contribution in [2.24, 2.45) is 5.41 Å². The molecule has 0 spiro atoms.